The summed E-state index contributed by atoms with van der Waals surface area (Å²) in [5.41, 5.74) is 8.49. The topological polar surface area (TPSA) is 0 Å². The second-order valence-electron chi connectivity index (χ2n) is 9.88. The van der Waals surface area contributed by atoms with Gasteiger partial charge in [0.05, 0.1) is 9.52 Å². The molecule has 0 atom stereocenters. The van der Waals surface area contributed by atoms with Crippen molar-refractivity contribution in [2.75, 3.05) is 0 Å². The van der Waals surface area contributed by atoms with Crippen molar-refractivity contribution < 1.29 is 20.8 Å². The molecule has 0 spiro atoms. The molecule has 1 aliphatic heterocycles. The van der Waals surface area contributed by atoms with Crippen LogP contribution < -0.4 is 10.4 Å². The molecule has 5 aromatic rings. The quantitative estimate of drug-likeness (QED) is 0.132. The first-order chi connectivity index (χ1) is 18.5. The third-order valence-corrected chi connectivity index (χ3v) is 7.97. The minimum absolute atomic E-state index is 0.671. The van der Waals surface area contributed by atoms with Gasteiger partial charge in [-0.15, -0.1) is 40.1 Å². The molecule has 4 heteroatoms. The van der Waals surface area contributed by atoms with E-state index in [1.165, 1.54) is 67.4 Å². The fraction of sp³-hybridized carbons (Fsp3) is 0.206. The van der Waals surface area contributed by atoms with Crippen molar-refractivity contribution in [1.82, 2.24) is 0 Å². The molecular weight excluding hydrogens is 599 g/mol. The first-order valence-electron chi connectivity index (χ1n) is 13.2. The van der Waals surface area contributed by atoms with Crippen molar-refractivity contribution in [3.05, 3.63) is 114 Å². The second kappa shape index (κ2) is 14.5. The fourth-order valence-corrected chi connectivity index (χ4v) is 6.41. The van der Waals surface area contributed by atoms with Gasteiger partial charge in [-0.1, -0.05) is 104 Å². The first kappa shape index (κ1) is 29.2. The van der Waals surface area contributed by atoms with Crippen LogP contribution in [0, 0.1) is 12.0 Å². The summed E-state index contributed by atoms with van der Waals surface area (Å²) in [4.78, 5) is 0. The van der Waals surface area contributed by atoms with Crippen molar-refractivity contribution in [3.63, 3.8) is 0 Å². The van der Waals surface area contributed by atoms with Crippen molar-refractivity contribution in [2.45, 2.75) is 40.0 Å². The van der Waals surface area contributed by atoms with Crippen LogP contribution in [-0.2, 0) is 33.7 Å². The number of rotatable bonds is 5. The Hall–Kier alpha value is -1.83. The van der Waals surface area contributed by atoms with Gasteiger partial charge in [0.25, 0.3) is 0 Å². The molecule has 0 saturated carbocycles. The van der Waals surface area contributed by atoms with E-state index in [0.29, 0.717) is 5.92 Å². The molecule has 6 rings (SSSR count). The molecule has 1 aliphatic rings. The van der Waals surface area contributed by atoms with Gasteiger partial charge in [0.1, 0.15) is 0 Å². The molecule has 0 N–H and O–H groups in total. The van der Waals surface area contributed by atoms with Crippen molar-refractivity contribution >= 4 is 47.7 Å². The third kappa shape index (κ3) is 7.22. The van der Waals surface area contributed by atoms with Crippen molar-refractivity contribution in [1.29, 1.82) is 0 Å². The minimum atomic E-state index is -0.826. The van der Waals surface area contributed by atoms with Crippen LogP contribution in [0.3, 0.4) is 0 Å². The Kier molecular flexibility index (Phi) is 11.1. The summed E-state index contributed by atoms with van der Waals surface area (Å²) in [5, 5.41) is 5.63. The Morgan fingerprint density at radius 3 is 2.34 bits per heavy atom. The standard InChI is InChI=1S/C22H25.C12H7Si.2ClH.Zr/c1-4-8-17-14-19-11-12-20(13-16(2)3)22(21(19)15-17)18-9-6-5-7-10-18;1-3-7-11-9(5-1)10-6-2-4-8-12(10)13-11;;;/h5-7,9-12,14-16H,4,8,13H2,1-3H3;1-7H;2*1H;/q2*-1;;;+4/p-2. The zero-order valence-corrected chi connectivity index (χ0v) is 27.2. The zero-order valence-electron chi connectivity index (χ0n) is 22.2. The van der Waals surface area contributed by atoms with Gasteiger partial charge >= 0.3 is 37.9 Å². The molecule has 0 nitrogen and oxygen atoms in total. The number of fused-ring (bicyclic) bond motifs is 4. The molecule has 38 heavy (non-hydrogen) atoms. The molecule has 0 unspecified atom stereocenters. The average molecular weight is 631 g/mol. The van der Waals surface area contributed by atoms with Crippen LogP contribution >= 0.6 is 17.0 Å². The summed E-state index contributed by atoms with van der Waals surface area (Å²) < 4.78 is 0. The smallest absolute Gasteiger partial charge is 0.0920 e. The molecular formula is C34H32Cl2SiZr. The Balaban J connectivity index is 0.000000177. The largest absolute Gasteiger partial charge is 0.184 e. The Labute approximate surface area is 249 Å². The minimum Gasteiger partial charge on any atom is -0.184 e. The van der Waals surface area contributed by atoms with Crippen molar-refractivity contribution in [3.8, 4) is 22.3 Å². The van der Waals surface area contributed by atoms with Gasteiger partial charge in [-0.05, 0) is 24.3 Å². The van der Waals surface area contributed by atoms with Gasteiger partial charge in [0, 0.05) is 0 Å². The summed E-state index contributed by atoms with van der Waals surface area (Å²) in [6.07, 6.45) is 3.51. The summed E-state index contributed by atoms with van der Waals surface area (Å²) in [6.45, 7) is 6.85. The summed E-state index contributed by atoms with van der Waals surface area (Å²) >= 11 is -0.826. The van der Waals surface area contributed by atoms with E-state index in [1.807, 2.05) is 6.07 Å². The summed E-state index contributed by atoms with van der Waals surface area (Å²) in [6, 6.07) is 38.4. The normalized spacial score (nSPS) is 11.1. The third-order valence-electron chi connectivity index (χ3n) is 6.60. The number of aryl methyl sites for hydroxylation is 1. The maximum Gasteiger partial charge on any atom is 0.0920 e. The molecule has 0 bridgehead atoms. The van der Waals surface area contributed by atoms with Gasteiger partial charge in [0.2, 0.25) is 0 Å². The van der Waals surface area contributed by atoms with E-state index in [2.05, 4.69) is 118 Å². The van der Waals surface area contributed by atoms with Crippen LogP contribution in [-0.4, -0.2) is 9.52 Å². The maximum atomic E-state index is 4.93. The van der Waals surface area contributed by atoms with E-state index >= 15 is 0 Å². The predicted octanol–water partition coefficient (Wildman–Crippen LogP) is 8.88. The maximum absolute atomic E-state index is 4.93. The van der Waals surface area contributed by atoms with Crippen LogP contribution in [0.25, 0.3) is 33.0 Å². The second-order valence-corrected chi connectivity index (χ2v) is 14.9. The van der Waals surface area contributed by atoms with E-state index in [9.17, 15) is 0 Å². The Bertz CT molecular complexity index is 1410. The Morgan fingerprint density at radius 1 is 0.895 bits per heavy atom. The van der Waals surface area contributed by atoms with Gasteiger partial charge in [-0.25, -0.2) is 0 Å². The Morgan fingerprint density at radius 2 is 1.61 bits per heavy atom. The fourth-order valence-electron chi connectivity index (χ4n) is 5.10. The average Bonchev–Trinajstić information content (AvgIpc) is 3.51. The van der Waals surface area contributed by atoms with E-state index < -0.39 is 20.8 Å². The molecule has 0 aromatic heterocycles. The molecule has 0 amide bonds. The number of hydrogen-bond donors (Lipinski definition) is 0. The molecule has 1 heterocycles. The molecule has 190 valence electrons. The van der Waals surface area contributed by atoms with Crippen LogP contribution in [0.5, 0.6) is 0 Å². The van der Waals surface area contributed by atoms with Crippen molar-refractivity contribution in [2.24, 2.45) is 5.92 Å². The molecule has 0 fully saturated rings. The summed E-state index contributed by atoms with van der Waals surface area (Å²) in [5.74, 6) is 0.671. The van der Waals surface area contributed by atoms with Gasteiger partial charge < -0.3 is 0 Å². The monoisotopic (exact) mass is 628 g/mol. The first-order valence-corrected chi connectivity index (χ1v) is 20.5. The molecule has 5 aromatic carbocycles. The predicted molar refractivity (Wildman–Crippen MR) is 165 cm³/mol. The van der Waals surface area contributed by atoms with Crippen LogP contribution in [0.1, 0.15) is 38.3 Å². The van der Waals surface area contributed by atoms with E-state index in [4.69, 9.17) is 17.0 Å². The summed E-state index contributed by atoms with van der Waals surface area (Å²) in [7, 11) is 10.7. The van der Waals surface area contributed by atoms with E-state index in [0.717, 1.165) is 15.9 Å². The molecule has 0 saturated heterocycles. The zero-order chi connectivity index (χ0) is 26.9. The van der Waals surface area contributed by atoms with Crippen LogP contribution in [0.15, 0.2) is 97.1 Å². The molecule has 2 radical (unpaired) electrons. The van der Waals surface area contributed by atoms with E-state index in [-0.39, 0.29) is 0 Å². The number of hydrogen-bond acceptors (Lipinski definition) is 0. The van der Waals surface area contributed by atoms with E-state index in [1.54, 1.807) is 0 Å². The molecule has 0 aliphatic carbocycles. The number of benzene rings is 4. The number of halogens is 2. The van der Waals surface area contributed by atoms with Gasteiger partial charge in [-0.2, -0.15) is 35.5 Å². The van der Waals surface area contributed by atoms with Crippen LogP contribution in [0.2, 0.25) is 0 Å². The van der Waals surface area contributed by atoms with Gasteiger partial charge in [0.15, 0.2) is 0 Å². The van der Waals surface area contributed by atoms with Crippen LogP contribution in [0.4, 0.5) is 0 Å². The van der Waals surface area contributed by atoms with Gasteiger partial charge in [-0.3, -0.25) is 0 Å². The SMILES string of the molecule is CCCc1cc2c(-c3ccccc3)c(CC(C)C)ccc2[cH-]1.[Cl][Zr+2][Cl].[c-]1cccc2c1[Si]c1ccccc1-2.